The maximum Gasteiger partial charge on any atom is 0.0621 e. The highest BCUT2D eigenvalue weighted by Crippen LogP contribution is 2.38. The van der Waals surface area contributed by atoms with Gasteiger partial charge in [0.05, 0.1) is 12.1 Å². The second kappa shape index (κ2) is 7.07. The van der Waals surface area contributed by atoms with Crippen LogP contribution in [0.1, 0.15) is 44.9 Å². The minimum atomic E-state index is 0.561. The number of nitriles is 2. The number of hydrogen-bond donors (Lipinski definition) is 0. The van der Waals surface area contributed by atoms with E-state index in [0.29, 0.717) is 30.6 Å². The highest BCUT2D eigenvalue weighted by molar-refractivity contribution is 4.92. The van der Waals surface area contributed by atoms with Crippen molar-refractivity contribution in [3.63, 3.8) is 0 Å². The zero-order valence-electron chi connectivity index (χ0n) is 9.86. The van der Waals surface area contributed by atoms with Crippen molar-refractivity contribution in [1.82, 2.24) is 0 Å². The van der Waals surface area contributed by atoms with Crippen LogP contribution in [0.4, 0.5) is 0 Å². The summed E-state index contributed by atoms with van der Waals surface area (Å²) in [5, 5.41) is 17.2. The molecule has 86 valence electrons. The third-order valence-electron chi connectivity index (χ3n) is 3.75. The van der Waals surface area contributed by atoms with Gasteiger partial charge in [0, 0.05) is 12.8 Å². The number of hydrogen-bond acceptors (Lipinski definition) is 2. The predicted molar refractivity (Wildman–Crippen MR) is 64.2 cm³/mol. The lowest BCUT2D eigenvalue weighted by molar-refractivity contribution is 0.201. The first-order chi connectivity index (χ1) is 7.81. The van der Waals surface area contributed by atoms with Crippen LogP contribution in [0.3, 0.4) is 0 Å². The van der Waals surface area contributed by atoms with Crippen LogP contribution in [-0.4, -0.2) is 0 Å². The fraction of sp³-hybridized carbons (Fsp3) is 0.714. The van der Waals surface area contributed by atoms with Crippen LogP contribution in [-0.2, 0) is 0 Å². The Balaban J connectivity index is 2.41. The van der Waals surface area contributed by atoms with Crippen molar-refractivity contribution in [3.05, 3.63) is 12.7 Å². The van der Waals surface area contributed by atoms with Gasteiger partial charge in [-0.05, 0) is 43.4 Å². The van der Waals surface area contributed by atoms with Gasteiger partial charge in [0.1, 0.15) is 0 Å². The Morgan fingerprint density at radius 2 is 1.81 bits per heavy atom. The van der Waals surface area contributed by atoms with Crippen LogP contribution in [0.15, 0.2) is 12.7 Å². The van der Waals surface area contributed by atoms with Crippen LogP contribution in [0.25, 0.3) is 0 Å². The molecule has 0 aromatic carbocycles. The monoisotopic (exact) mass is 216 g/mol. The molecule has 16 heavy (non-hydrogen) atoms. The molecule has 1 aliphatic rings. The molecular weight excluding hydrogens is 196 g/mol. The molecule has 1 rings (SSSR count). The second-order valence-corrected chi connectivity index (χ2v) is 4.73. The zero-order chi connectivity index (χ0) is 11.8. The maximum atomic E-state index is 8.61. The van der Waals surface area contributed by atoms with E-state index in [4.69, 9.17) is 10.5 Å². The molecule has 0 aliphatic heterocycles. The van der Waals surface area contributed by atoms with Gasteiger partial charge in [-0.3, -0.25) is 0 Å². The third kappa shape index (κ3) is 3.70. The number of nitrogens with zero attached hydrogens (tertiary/aromatic N) is 2. The number of rotatable bonds is 5. The van der Waals surface area contributed by atoms with Crippen LogP contribution in [0.5, 0.6) is 0 Å². The molecule has 0 heterocycles. The highest BCUT2D eigenvalue weighted by Gasteiger charge is 2.27. The van der Waals surface area contributed by atoms with E-state index in [2.05, 4.69) is 24.8 Å². The van der Waals surface area contributed by atoms with Crippen molar-refractivity contribution in [2.24, 2.45) is 17.8 Å². The summed E-state index contributed by atoms with van der Waals surface area (Å²) in [5.74, 6) is 1.90. The molecule has 0 aromatic heterocycles. The van der Waals surface area contributed by atoms with Crippen LogP contribution in [0, 0.1) is 40.4 Å². The Labute approximate surface area is 98.6 Å². The van der Waals surface area contributed by atoms with Crippen molar-refractivity contribution < 1.29 is 0 Å². The van der Waals surface area contributed by atoms with Crippen molar-refractivity contribution in [2.45, 2.75) is 44.9 Å². The molecule has 1 aliphatic carbocycles. The molecule has 2 heteroatoms. The first-order valence-electron chi connectivity index (χ1n) is 6.18. The SMILES string of the molecule is C=CC1CC(CCC#N)CCC1CCC#N. The molecule has 0 spiro atoms. The average molecular weight is 216 g/mol. The minimum Gasteiger partial charge on any atom is -0.198 e. The largest absolute Gasteiger partial charge is 0.198 e. The van der Waals surface area contributed by atoms with Gasteiger partial charge in [0.15, 0.2) is 0 Å². The molecular formula is C14H20N2. The van der Waals surface area contributed by atoms with E-state index in [-0.39, 0.29) is 0 Å². The molecule has 0 aromatic rings. The maximum absolute atomic E-state index is 8.61. The van der Waals surface area contributed by atoms with Gasteiger partial charge in [0.2, 0.25) is 0 Å². The van der Waals surface area contributed by atoms with Gasteiger partial charge in [-0.1, -0.05) is 12.5 Å². The lowest BCUT2D eigenvalue weighted by Gasteiger charge is -2.34. The molecule has 1 fully saturated rings. The Morgan fingerprint density at radius 3 is 2.44 bits per heavy atom. The molecule has 0 bridgehead atoms. The van der Waals surface area contributed by atoms with Crippen molar-refractivity contribution in [3.8, 4) is 12.1 Å². The van der Waals surface area contributed by atoms with Crippen LogP contribution >= 0.6 is 0 Å². The molecule has 1 saturated carbocycles. The van der Waals surface area contributed by atoms with Gasteiger partial charge in [0.25, 0.3) is 0 Å². The zero-order valence-corrected chi connectivity index (χ0v) is 9.86. The summed E-state index contributed by atoms with van der Waals surface area (Å²) < 4.78 is 0. The van der Waals surface area contributed by atoms with E-state index in [1.807, 2.05) is 0 Å². The molecule has 0 amide bonds. The minimum absolute atomic E-state index is 0.561. The molecule has 3 unspecified atom stereocenters. The Kier molecular flexibility index (Phi) is 5.65. The predicted octanol–water partition coefficient (Wildman–Crippen LogP) is 3.81. The van der Waals surface area contributed by atoms with Crippen LogP contribution in [0.2, 0.25) is 0 Å². The summed E-state index contributed by atoms with van der Waals surface area (Å²) in [5.41, 5.74) is 0. The molecule has 3 atom stereocenters. The fourth-order valence-electron chi connectivity index (χ4n) is 2.79. The fourth-order valence-corrected chi connectivity index (χ4v) is 2.79. The quantitative estimate of drug-likeness (QED) is 0.656. The summed E-state index contributed by atoms with van der Waals surface area (Å²) >= 11 is 0. The lowest BCUT2D eigenvalue weighted by atomic mass is 9.71. The van der Waals surface area contributed by atoms with E-state index in [9.17, 15) is 0 Å². The van der Waals surface area contributed by atoms with Gasteiger partial charge in [-0.25, -0.2) is 0 Å². The Morgan fingerprint density at radius 1 is 1.12 bits per heavy atom. The van der Waals surface area contributed by atoms with Crippen molar-refractivity contribution in [2.75, 3.05) is 0 Å². The van der Waals surface area contributed by atoms with Crippen molar-refractivity contribution >= 4 is 0 Å². The van der Waals surface area contributed by atoms with Gasteiger partial charge >= 0.3 is 0 Å². The van der Waals surface area contributed by atoms with Gasteiger partial charge in [-0.2, -0.15) is 10.5 Å². The summed E-state index contributed by atoms with van der Waals surface area (Å²) in [4.78, 5) is 0. The number of allylic oxidation sites excluding steroid dienone is 1. The topological polar surface area (TPSA) is 47.6 Å². The summed E-state index contributed by atoms with van der Waals surface area (Å²) in [7, 11) is 0. The first-order valence-corrected chi connectivity index (χ1v) is 6.18. The summed E-state index contributed by atoms with van der Waals surface area (Å²) in [6.45, 7) is 3.91. The first kappa shape index (κ1) is 12.8. The standard InChI is InChI=1S/C14H20N2/c1-2-13-11-12(5-3-9-15)7-8-14(13)6-4-10-16/h2,12-14H,1,3-8,11H2. The highest BCUT2D eigenvalue weighted by atomic mass is 14.3. The summed E-state index contributed by atoms with van der Waals surface area (Å²) in [6.07, 6.45) is 9.04. The molecule has 0 N–H and O–H groups in total. The average Bonchev–Trinajstić information content (AvgIpc) is 2.34. The Bertz CT molecular complexity index is 295. The molecule has 0 radical (unpaired) electrons. The van der Waals surface area contributed by atoms with E-state index in [1.165, 1.54) is 19.3 Å². The van der Waals surface area contributed by atoms with E-state index < -0.39 is 0 Å². The third-order valence-corrected chi connectivity index (χ3v) is 3.75. The van der Waals surface area contributed by atoms with Crippen molar-refractivity contribution in [1.29, 1.82) is 10.5 Å². The Hall–Kier alpha value is -1.28. The molecule has 0 saturated heterocycles. The smallest absolute Gasteiger partial charge is 0.0621 e. The van der Waals surface area contributed by atoms with Gasteiger partial charge in [-0.15, -0.1) is 6.58 Å². The van der Waals surface area contributed by atoms with E-state index in [0.717, 1.165) is 12.8 Å². The second-order valence-electron chi connectivity index (χ2n) is 4.73. The van der Waals surface area contributed by atoms with E-state index in [1.54, 1.807) is 0 Å². The normalized spacial score (nSPS) is 29.0. The molecule has 2 nitrogen and oxygen atoms in total. The van der Waals surface area contributed by atoms with Gasteiger partial charge < -0.3 is 0 Å². The lowest BCUT2D eigenvalue weighted by Crippen LogP contribution is -2.23. The summed E-state index contributed by atoms with van der Waals surface area (Å²) in [6, 6.07) is 4.45. The van der Waals surface area contributed by atoms with Crippen LogP contribution < -0.4 is 0 Å². The van der Waals surface area contributed by atoms with E-state index >= 15 is 0 Å².